The summed E-state index contributed by atoms with van der Waals surface area (Å²) in [5, 5.41) is 0. The van der Waals surface area contributed by atoms with Crippen molar-refractivity contribution in [2.45, 2.75) is 42.5 Å². The fourth-order valence-corrected chi connectivity index (χ4v) is 1.51. The molecule has 1 atom stereocenters. The molecule has 0 amide bonds. The van der Waals surface area contributed by atoms with Gasteiger partial charge in [-0.3, -0.25) is 0 Å². The van der Waals surface area contributed by atoms with E-state index in [2.05, 4.69) is 6.92 Å². The maximum atomic E-state index is 5.67. The minimum atomic E-state index is -1.42. The number of unbranched alkanes of at least 4 members (excludes halogenated alkanes) is 3. The number of rotatable bonds is 7. The predicted octanol–water partition coefficient (Wildman–Crippen LogP) is 3.28. The average molecular weight is 263 g/mol. The van der Waals surface area contributed by atoms with Gasteiger partial charge >= 0.3 is 0 Å². The van der Waals surface area contributed by atoms with Crippen LogP contribution in [-0.4, -0.2) is 23.0 Å². The molecule has 5 heteroatoms. The van der Waals surface area contributed by atoms with Crippen molar-refractivity contribution in [2.75, 3.05) is 13.2 Å². The highest BCUT2D eigenvalue weighted by Gasteiger charge is 2.32. The highest BCUT2D eigenvalue weighted by atomic mass is 35.6. The Labute approximate surface area is 101 Å². The zero-order chi connectivity index (χ0) is 11.0. The van der Waals surface area contributed by atoms with Crippen molar-refractivity contribution < 1.29 is 4.74 Å². The van der Waals surface area contributed by atoms with Crippen LogP contribution in [-0.2, 0) is 4.74 Å². The van der Waals surface area contributed by atoms with Crippen molar-refractivity contribution in [3.8, 4) is 0 Å². The highest BCUT2D eigenvalue weighted by molar-refractivity contribution is 6.68. The molecule has 0 heterocycles. The average Bonchev–Trinajstić information content (AvgIpc) is 2.09. The topological polar surface area (TPSA) is 35.2 Å². The number of alkyl halides is 3. The van der Waals surface area contributed by atoms with Crippen LogP contribution in [0.5, 0.6) is 0 Å². The van der Waals surface area contributed by atoms with Crippen molar-refractivity contribution >= 4 is 34.8 Å². The Bertz CT molecular complexity index is 139. The van der Waals surface area contributed by atoms with Crippen molar-refractivity contribution in [1.82, 2.24) is 0 Å². The number of nitrogens with two attached hydrogens (primary N) is 1. The summed E-state index contributed by atoms with van der Waals surface area (Å²) >= 11 is 17.0. The van der Waals surface area contributed by atoms with E-state index in [0.29, 0.717) is 6.61 Å². The van der Waals surface area contributed by atoms with Crippen molar-refractivity contribution in [3.63, 3.8) is 0 Å². The molecule has 0 spiro atoms. The van der Waals surface area contributed by atoms with Gasteiger partial charge in [0.05, 0.1) is 0 Å². The number of halogens is 3. The van der Waals surface area contributed by atoms with E-state index in [-0.39, 0.29) is 6.54 Å². The first kappa shape index (κ1) is 14.8. The van der Waals surface area contributed by atoms with E-state index in [4.69, 9.17) is 45.3 Å². The molecule has 0 bridgehead atoms. The molecule has 0 aromatic heterocycles. The van der Waals surface area contributed by atoms with Gasteiger partial charge in [0.15, 0.2) is 0 Å². The molecule has 0 fully saturated rings. The zero-order valence-corrected chi connectivity index (χ0v) is 10.7. The molecule has 0 aliphatic carbocycles. The lowest BCUT2D eigenvalue weighted by atomic mass is 10.2. The van der Waals surface area contributed by atoms with E-state index in [9.17, 15) is 0 Å². The van der Waals surface area contributed by atoms with Crippen LogP contribution in [0.15, 0.2) is 0 Å². The molecule has 0 aromatic carbocycles. The Morgan fingerprint density at radius 2 is 1.86 bits per heavy atom. The summed E-state index contributed by atoms with van der Waals surface area (Å²) in [5.74, 6) is 0. The summed E-state index contributed by atoms with van der Waals surface area (Å²) in [5.41, 5.74) is 5.42. The van der Waals surface area contributed by atoms with Crippen LogP contribution >= 0.6 is 34.8 Å². The molecule has 0 radical (unpaired) electrons. The van der Waals surface area contributed by atoms with Crippen LogP contribution in [0.2, 0.25) is 0 Å². The van der Waals surface area contributed by atoms with Gasteiger partial charge in [0.1, 0.15) is 6.10 Å². The van der Waals surface area contributed by atoms with Crippen LogP contribution in [0.25, 0.3) is 0 Å². The Hall–Kier alpha value is 0.790. The van der Waals surface area contributed by atoms with Gasteiger partial charge in [-0.05, 0) is 6.42 Å². The third-order valence-corrected chi connectivity index (χ3v) is 2.63. The lowest BCUT2D eigenvalue weighted by Crippen LogP contribution is -2.36. The standard InChI is InChI=1S/C9H18Cl3NO/c1-2-3-4-5-6-14-8(7-13)9(10,11)12/h8H,2-7,13H2,1H3/t8-/m0/s1. The summed E-state index contributed by atoms with van der Waals surface area (Å²) < 4.78 is 3.96. The summed E-state index contributed by atoms with van der Waals surface area (Å²) in [4.78, 5) is 0. The molecule has 0 aliphatic heterocycles. The van der Waals surface area contributed by atoms with E-state index in [1.807, 2.05) is 0 Å². The number of hydrogen-bond donors (Lipinski definition) is 1. The van der Waals surface area contributed by atoms with Crippen LogP contribution in [0.4, 0.5) is 0 Å². The first-order chi connectivity index (χ1) is 6.52. The molecule has 0 saturated heterocycles. The summed E-state index contributed by atoms with van der Waals surface area (Å²) in [6, 6.07) is 0. The van der Waals surface area contributed by atoms with Gasteiger partial charge in [-0.1, -0.05) is 61.0 Å². The van der Waals surface area contributed by atoms with Crippen LogP contribution in [0, 0.1) is 0 Å². The maximum absolute atomic E-state index is 5.67. The smallest absolute Gasteiger partial charge is 0.217 e. The zero-order valence-electron chi connectivity index (χ0n) is 8.44. The summed E-state index contributed by atoms with van der Waals surface area (Å²) in [6.07, 6.45) is 4.04. The van der Waals surface area contributed by atoms with Crippen LogP contribution in [0.1, 0.15) is 32.6 Å². The molecule has 14 heavy (non-hydrogen) atoms. The Kier molecular flexibility index (Phi) is 8.45. The van der Waals surface area contributed by atoms with E-state index < -0.39 is 9.90 Å². The van der Waals surface area contributed by atoms with Gasteiger partial charge in [-0.25, -0.2) is 0 Å². The summed E-state index contributed by atoms with van der Waals surface area (Å²) in [7, 11) is 0. The van der Waals surface area contributed by atoms with E-state index in [0.717, 1.165) is 12.8 Å². The van der Waals surface area contributed by atoms with Crippen LogP contribution in [0.3, 0.4) is 0 Å². The van der Waals surface area contributed by atoms with Gasteiger partial charge in [-0.15, -0.1) is 0 Å². The van der Waals surface area contributed by atoms with Crippen LogP contribution < -0.4 is 5.73 Å². The Morgan fingerprint density at radius 3 is 2.29 bits per heavy atom. The van der Waals surface area contributed by atoms with E-state index in [1.165, 1.54) is 12.8 Å². The largest absolute Gasteiger partial charge is 0.372 e. The minimum absolute atomic E-state index is 0.226. The van der Waals surface area contributed by atoms with Gasteiger partial charge in [0.2, 0.25) is 3.79 Å². The highest BCUT2D eigenvalue weighted by Crippen LogP contribution is 2.31. The fourth-order valence-electron chi connectivity index (χ4n) is 1.05. The quantitative estimate of drug-likeness (QED) is 0.564. The lowest BCUT2D eigenvalue weighted by Gasteiger charge is -2.23. The molecule has 0 aromatic rings. The molecule has 0 rings (SSSR count). The first-order valence-corrected chi connectivity index (χ1v) is 6.04. The molecule has 2 nitrogen and oxygen atoms in total. The Balaban J connectivity index is 3.54. The molecule has 2 N–H and O–H groups in total. The molecular weight excluding hydrogens is 244 g/mol. The molecule has 0 aliphatic rings. The van der Waals surface area contributed by atoms with E-state index >= 15 is 0 Å². The van der Waals surface area contributed by atoms with Gasteiger partial charge < -0.3 is 10.5 Å². The number of hydrogen-bond acceptors (Lipinski definition) is 2. The second kappa shape index (κ2) is 8.00. The maximum Gasteiger partial charge on any atom is 0.217 e. The van der Waals surface area contributed by atoms with Gasteiger partial charge in [0.25, 0.3) is 0 Å². The molecule has 0 unspecified atom stereocenters. The lowest BCUT2D eigenvalue weighted by molar-refractivity contribution is 0.0590. The third-order valence-electron chi connectivity index (χ3n) is 1.90. The van der Waals surface area contributed by atoms with Crippen molar-refractivity contribution in [2.24, 2.45) is 5.73 Å². The SMILES string of the molecule is CCCCCCO[C@@H](CN)C(Cl)(Cl)Cl. The predicted molar refractivity (Wildman–Crippen MR) is 63.2 cm³/mol. The third kappa shape index (κ3) is 7.13. The molecular formula is C9H18Cl3NO. The summed E-state index contributed by atoms with van der Waals surface area (Å²) in [6.45, 7) is 2.99. The fraction of sp³-hybridized carbons (Fsp3) is 1.00. The monoisotopic (exact) mass is 261 g/mol. The number of ether oxygens (including phenoxy) is 1. The second-order valence-electron chi connectivity index (χ2n) is 3.20. The van der Waals surface area contributed by atoms with Crippen molar-refractivity contribution in [1.29, 1.82) is 0 Å². The minimum Gasteiger partial charge on any atom is -0.372 e. The van der Waals surface area contributed by atoms with Crippen molar-refractivity contribution in [3.05, 3.63) is 0 Å². The van der Waals surface area contributed by atoms with Gasteiger partial charge in [-0.2, -0.15) is 0 Å². The first-order valence-electron chi connectivity index (χ1n) is 4.90. The van der Waals surface area contributed by atoms with Gasteiger partial charge in [0, 0.05) is 13.2 Å². The van der Waals surface area contributed by atoms with E-state index in [1.54, 1.807) is 0 Å². The molecule has 86 valence electrons. The Morgan fingerprint density at radius 1 is 1.21 bits per heavy atom. The normalized spacial score (nSPS) is 14.4. The molecule has 0 saturated carbocycles. The second-order valence-corrected chi connectivity index (χ2v) is 5.57.